The lowest BCUT2D eigenvalue weighted by atomic mass is 10.1. The number of hydrogen-bond acceptors (Lipinski definition) is 4. The zero-order valence-corrected chi connectivity index (χ0v) is 10.2. The lowest BCUT2D eigenvalue weighted by molar-refractivity contribution is 0.415. The van der Waals surface area contributed by atoms with E-state index >= 15 is 0 Å². The van der Waals surface area contributed by atoms with Crippen LogP contribution in [0.3, 0.4) is 0 Å². The third kappa shape index (κ3) is 2.14. The Labute approximate surface area is 102 Å². The highest BCUT2D eigenvalue weighted by molar-refractivity contribution is 9.10. The van der Waals surface area contributed by atoms with Crippen molar-refractivity contribution in [2.75, 3.05) is 12.8 Å². The van der Waals surface area contributed by atoms with Crippen LogP contribution >= 0.6 is 15.9 Å². The Morgan fingerprint density at radius 1 is 1.19 bits per heavy atom. The molecule has 0 amide bonds. The van der Waals surface area contributed by atoms with Crippen molar-refractivity contribution in [2.45, 2.75) is 0 Å². The number of nitrogens with two attached hydrogens (primary N) is 1. The van der Waals surface area contributed by atoms with E-state index < -0.39 is 0 Å². The van der Waals surface area contributed by atoms with E-state index in [4.69, 9.17) is 10.5 Å². The highest BCUT2D eigenvalue weighted by atomic mass is 79.9. The van der Waals surface area contributed by atoms with E-state index in [2.05, 4.69) is 26.1 Å². The molecular weight excluding hydrogens is 270 g/mol. The number of hydrogen-bond donors (Lipinski definition) is 1. The molecule has 0 unspecified atom stereocenters. The van der Waals surface area contributed by atoms with Crippen LogP contribution in [0.2, 0.25) is 0 Å². The number of anilines is 1. The van der Waals surface area contributed by atoms with Gasteiger partial charge in [0.2, 0.25) is 0 Å². The summed E-state index contributed by atoms with van der Waals surface area (Å²) in [5.41, 5.74) is 7.31. The summed E-state index contributed by atoms with van der Waals surface area (Å²) in [4.78, 5) is 0. The van der Waals surface area contributed by atoms with Gasteiger partial charge in [0.25, 0.3) is 0 Å². The van der Waals surface area contributed by atoms with E-state index in [-0.39, 0.29) is 0 Å². The van der Waals surface area contributed by atoms with Crippen molar-refractivity contribution in [2.24, 2.45) is 0 Å². The van der Waals surface area contributed by atoms with Crippen molar-refractivity contribution in [1.82, 2.24) is 10.2 Å². The molecule has 0 saturated carbocycles. The van der Waals surface area contributed by atoms with E-state index in [1.165, 1.54) is 0 Å². The molecule has 0 saturated heterocycles. The zero-order chi connectivity index (χ0) is 11.5. The highest BCUT2D eigenvalue weighted by Gasteiger charge is 2.04. The quantitative estimate of drug-likeness (QED) is 0.918. The van der Waals surface area contributed by atoms with Gasteiger partial charge in [-0.2, -0.15) is 0 Å². The van der Waals surface area contributed by atoms with Crippen LogP contribution in [0.5, 0.6) is 5.75 Å². The first-order valence-corrected chi connectivity index (χ1v) is 5.43. The maximum absolute atomic E-state index is 5.57. The lowest BCUT2D eigenvalue weighted by Crippen LogP contribution is -1.96. The Hall–Kier alpha value is -1.62. The van der Waals surface area contributed by atoms with Crippen LogP contribution in [-0.2, 0) is 0 Å². The summed E-state index contributed by atoms with van der Waals surface area (Å²) in [7, 11) is 1.63. The van der Waals surface area contributed by atoms with Gasteiger partial charge in [0.05, 0.1) is 17.3 Å². The molecule has 4 nitrogen and oxygen atoms in total. The Kier molecular flexibility index (Phi) is 3.05. The van der Waals surface area contributed by atoms with Crippen LogP contribution in [0, 0.1) is 0 Å². The topological polar surface area (TPSA) is 61.0 Å². The van der Waals surface area contributed by atoms with Crippen molar-refractivity contribution in [3.8, 4) is 17.0 Å². The van der Waals surface area contributed by atoms with Gasteiger partial charge in [0.1, 0.15) is 5.75 Å². The fraction of sp³-hybridized carbons (Fsp3) is 0.0909. The molecule has 16 heavy (non-hydrogen) atoms. The lowest BCUT2D eigenvalue weighted by Gasteiger charge is -2.03. The molecule has 1 heterocycles. The minimum atomic E-state index is 0.386. The van der Waals surface area contributed by atoms with E-state index in [1.807, 2.05) is 30.3 Å². The van der Waals surface area contributed by atoms with E-state index in [9.17, 15) is 0 Å². The molecule has 0 aliphatic rings. The van der Waals surface area contributed by atoms with Crippen molar-refractivity contribution in [1.29, 1.82) is 0 Å². The third-order valence-corrected chi connectivity index (χ3v) is 2.79. The van der Waals surface area contributed by atoms with Crippen molar-refractivity contribution >= 4 is 21.7 Å². The molecule has 2 aromatic rings. The summed E-state index contributed by atoms with van der Waals surface area (Å²) in [6.07, 6.45) is 0. The van der Waals surface area contributed by atoms with Gasteiger partial charge >= 0.3 is 0 Å². The van der Waals surface area contributed by atoms with Gasteiger partial charge in [0, 0.05) is 5.56 Å². The van der Waals surface area contributed by atoms with Crippen molar-refractivity contribution < 1.29 is 4.74 Å². The number of aromatic nitrogens is 2. The Morgan fingerprint density at radius 2 is 1.88 bits per heavy atom. The van der Waals surface area contributed by atoms with E-state index in [0.717, 1.165) is 21.5 Å². The molecule has 0 aliphatic heterocycles. The number of benzene rings is 1. The maximum atomic E-state index is 5.57. The first-order valence-electron chi connectivity index (χ1n) is 4.64. The molecule has 2 N–H and O–H groups in total. The second-order valence-corrected chi connectivity index (χ2v) is 4.05. The van der Waals surface area contributed by atoms with Gasteiger partial charge in [-0.1, -0.05) is 0 Å². The molecular formula is C11H10BrN3O. The largest absolute Gasteiger partial charge is 0.497 e. The van der Waals surface area contributed by atoms with Gasteiger partial charge < -0.3 is 10.5 Å². The molecule has 82 valence electrons. The summed E-state index contributed by atoms with van der Waals surface area (Å²) in [5, 5.41) is 7.87. The number of ether oxygens (including phenoxy) is 1. The monoisotopic (exact) mass is 279 g/mol. The molecule has 1 aromatic heterocycles. The summed E-state index contributed by atoms with van der Waals surface area (Å²) in [6.45, 7) is 0. The molecule has 0 bridgehead atoms. The molecule has 5 heteroatoms. The average Bonchev–Trinajstić information content (AvgIpc) is 2.33. The summed E-state index contributed by atoms with van der Waals surface area (Å²) < 4.78 is 5.83. The predicted molar refractivity (Wildman–Crippen MR) is 66.1 cm³/mol. The number of rotatable bonds is 2. The molecule has 0 spiro atoms. The molecule has 1 aromatic carbocycles. The molecule has 0 atom stereocenters. The highest BCUT2D eigenvalue weighted by Crippen LogP contribution is 2.24. The van der Waals surface area contributed by atoms with Crippen LogP contribution < -0.4 is 10.5 Å². The second kappa shape index (κ2) is 4.49. The number of halogens is 1. The second-order valence-electron chi connectivity index (χ2n) is 3.19. The van der Waals surface area contributed by atoms with Crippen LogP contribution in [0.15, 0.2) is 34.8 Å². The first-order chi connectivity index (χ1) is 7.70. The standard InChI is InChI=1S/C11H10BrN3O/c1-16-8-4-2-7(3-5-8)10-6-9(12)11(13)15-14-10/h2-6H,1H3,(H2,13,15). The van der Waals surface area contributed by atoms with E-state index in [1.54, 1.807) is 7.11 Å². The summed E-state index contributed by atoms with van der Waals surface area (Å²) in [6, 6.07) is 9.43. The maximum Gasteiger partial charge on any atom is 0.160 e. The van der Waals surface area contributed by atoms with Crippen LogP contribution in [0.25, 0.3) is 11.3 Å². The Bertz CT molecular complexity index is 499. The van der Waals surface area contributed by atoms with E-state index in [0.29, 0.717) is 5.82 Å². The fourth-order valence-electron chi connectivity index (χ4n) is 1.28. The van der Waals surface area contributed by atoms with Crippen LogP contribution in [-0.4, -0.2) is 17.3 Å². The van der Waals surface area contributed by atoms with Gasteiger partial charge in [-0.3, -0.25) is 0 Å². The van der Waals surface area contributed by atoms with Crippen molar-refractivity contribution in [3.63, 3.8) is 0 Å². The van der Waals surface area contributed by atoms with Gasteiger partial charge in [0.15, 0.2) is 5.82 Å². The van der Waals surface area contributed by atoms with Gasteiger partial charge in [-0.25, -0.2) is 0 Å². The van der Waals surface area contributed by atoms with Crippen LogP contribution in [0.1, 0.15) is 0 Å². The Morgan fingerprint density at radius 3 is 2.44 bits per heavy atom. The SMILES string of the molecule is COc1ccc(-c2cc(Br)c(N)nn2)cc1. The molecule has 0 aliphatic carbocycles. The Balaban J connectivity index is 2.38. The predicted octanol–water partition coefficient (Wildman–Crippen LogP) is 2.50. The first kappa shape index (κ1) is 10.9. The van der Waals surface area contributed by atoms with Gasteiger partial charge in [-0.05, 0) is 46.3 Å². The summed E-state index contributed by atoms with van der Waals surface area (Å²) in [5.74, 6) is 1.20. The number of nitrogen functional groups attached to an aromatic ring is 1. The summed E-state index contributed by atoms with van der Waals surface area (Å²) >= 11 is 3.32. The fourth-order valence-corrected chi connectivity index (χ4v) is 1.58. The zero-order valence-electron chi connectivity index (χ0n) is 8.64. The van der Waals surface area contributed by atoms with Gasteiger partial charge in [-0.15, -0.1) is 10.2 Å². The minimum absolute atomic E-state index is 0.386. The molecule has 0 radical (unpaired) electrons. The number of nitrogens with zero attached hydrogens (tertiary/aromatic N) is 2. The third-order valence-electron chi connectivity index (χ3n) is 2.16. The smallest absolute Gasteiger partial charge is 0.160 e. The average molecular weight is 280 g/mol. The number of methoxy groups -OCH3 is 1. The molecule has 2 rings (SSSR count). The normalized spacial score (nSPS) is 10.1. The van der Waals surface area contributed by atoms with Crippen molar-refractivity contribution in [3.05, 3.63) is 34.8 Å². The van der Waals surface area contributed by atoms with Crippen LogP contribution in [0.4, 0.5) is 5.82 Å². The molecule has 0 fully saturated rings. The minimum Gasteiger partial charge on any atom is -0.497 e.